The van der Waals surface area contributed by atoms with Crippen LogP contribution in [-0.2, 0) is 10.8 Å². The molecule has 10 rings (SSSR count). The van der Waals surface area contributed by atoms with Gasteiger partial charge in [-0.3, -0.25) is 0 Å². The summed E-state index contributed by atoms with van der Waals surface area (Å²) in [6.45, 7) is 18.5. The highest BCUT2D eigenvalue weighted by Gasteiger charge is 2.29. The van der Waals surface area contributed by atoms with Gasteiger partial charge in [0.2, 0.25) is 0 Å². The van der Waals surface area contributed by atoms with E-state index in [0.717, 1.165) is 0 Å². The molecule has 2 heteroatoms. The van der Waals surface area contributed by atoms with E-state index in [1.165, 1.54) is 111 Å². The molecule has 314 valence electrons. The molecule has 64 heavy (non-hydrogen) atoms. The molecule has 0 saturated heterocycles. The van der Waals surface area contributed by atoms with Crippen molar-refractivity contribution >= 4 is 66.4 Å². The van der Waals surface area contributed by atoms with Crippen molar-refractivity contribution in [2.24, 2.45) is 0 Å². The van der Waals surface area contributed by atoms with E-state index in [-0.39, 0.29) is 10.8 Å². The first-order valence-corrected chi connectivity index (χ1v) is 22.7. The monoisotopic (exact) mass is 828 g/mol. The Hall–Kier alpha value is -7.16. The van der Waals surface area contributed by atoms with Crippen LogP contribution in [0.2, 0.25) is 0 Å². The number of anilines is 6. The molecule has 10 aromatic carbocycles. The predicted octanol–water partition coefficient (Wildman–Crippen LogP) is 18.1. The second-order valence-electron chi connectivity index (χ2n) is 19.5. The van der Waals surface area contributed by atoms with Gasteiger partial charge in [0.25, 0.3) is 0 Å². The Morgan fingerprint density at radius 3 is 1.03 bits per heavy atom. The Morgan fingerprint density at radius 1 is 0.297 bits per heavy atom. The summed E-state index contributed by atoms with van der Waals surface area (Å²) in [5.41, 5.74) is 16.7. The number of para-hydroxylation sites is 2. The van der Waals surface area contributed by atoms with Crippen molar-refractivity contribution < 1.29 is 0 Å². The lowest BCUT2D eigenvalue weighted by molar-refractivity contribution is 0.591. The van der Waals surface area contributed by atoms with Crippen molar-refractivity contribution in [3.05, 3.63) is 216 Å². The largest absolute Gasteiger partial charge is 0.309 e. The van der Waals surface area contributed by atoms with Crippen LogP contribution in [0.15, 0.2) is 194 Å². The van der Waals surface area contributed by atoms with Gasteiger partial charge in [0.15, 0.2) is 0 Å². The zero-order chi connectivity index (χ0) is 44.3. The zero-order valence-electron chi connectivity index (χ0n) is 38.4. The molecule has 0 N–H and O–H groups in total. The van der Waals surface area contributed by atoms with Gasteiger partial charge < -0.3 is 9.80 Å². The summed E-state index contributed by atoms with van der Waals surface area (Å²) < 4.78 is 0. The van der Waals surface area contributed by atoms with Crippen LogP contribution in [0.3, 0.4) is 0 Å². The van der Waals surface area contributed by atoms with Crippen LogP contribution in [-0.4, -0.2) is 0 Å². The Kier molecular flexibility index (Phi) is 10.1. The molecule has 2 nitrogen and oxygen atoms in total. The summed E-state index contributed by atoms with van der Waals surface area (Å²) in [7, 11) is 0. The maximum absolute atomic E-state index is 2.54. The Balaban J connectivity index is 1.27. The van der Waals surface area contributed by atoms with E-state index in [0.29, 0.717) is 0 Å². The summed E-state index contributed by atoms with van der Waals surface area (Å²) >= 11 is 0. The van der Waals surface area contributed by atoms with Gasteiger partial charge >= 0.3 is 0 Å². The molecule has 0 aliphatic rings. The SMILES string of the molecule is Cc1ccccc1N(c1cc(-c2ccccc2)ccc1C(C)(C)C)c1ccc2ccc3c(N(c4ccccc4C)c4cc(-c5ccccc5)ccc4C(C)(C)C)ccc4ccc1c2c43. The molecule has 0 aliphatic carbocycles. The second-order valence-corrected chi connectivity index (χ2v) is 19.5. The highest BCUT2D eigenvalue weighted by Crippen LogP contribution is 2.51. The van der Waals surface area contributed by atoms with Gasteiger partial charge in [-0.25, -0.2) is 0 Å². The van der Waals surface area contributed by atoms with Gasteiger partial charge in [0.1, 0.15) is 0 Å². The third kappa shape index (κ3) is 7.18. The van der Waals surface area contributed by atoms with E-state index in [4.69, 9.17) is 0 Å². The summed E-state index contributed by atoms with van der Waals surface area (Å²) in [5, 5.41) is 7.48. The molecular weight excluding hydrogens is 773 g/mol. The van der Waals surface area contributed by atoms with E-state index in [2.05, 4.69) is 259 Å². The molecule has 0 amide bonds. The van der Waals surface area contributed by atoms with Crippen molar-refractivity contribution in [2.75, 3.05) is 9.80 Å². The van der Waals surface area contributed by atoms with Crippen LogP contribution in [0.25, 0.3) is 54.6 Å². The number of nitrogens with zero attached hydrogens (tertiary/aromatic N) is 2. The zero-order valence-corrected chi connectivity index (χ0v) is 38.4. The third-order valence-corrected chi connectivity index (χ3v) is 13.1. The minimum absolute atomic E-state index is 0.118. The van der Waals surface area contributed by atoms with Crippen molar-refractivity contribution in [3.63, 3.8) is 0 Å². The molecule has 0 unspecified atom stereocenters. The van der Waals surface area contributed by atoms with Gasteiger partial charge in [0.05, 0.1) is 22.7 Å². The normalized spacial score (nSPS) is 12.1. The number of rotatable bonds is 8. The smallest absolute Gasteiger partial charge is 0.0540 e. The van der Waals surface area contributed by atoms with Gasteiger partial charge in [-0.05, 0) is 127 Å². The van der Waals surface area contributed by atoms with Crippen LogP contribution in [0.1, 0.15) is 63.8 Å². The summed E-state index contributed by atoms with van der Waals surface area (Å²) in [6.07, 6.45) is 0. The molecule has 0 bridgehead atoms. The molecular formula is C62H56N2. The van der Waals surface area contributed by atoms with Crippen molar-refractivity contribution in [1.82, 2.24) is 0 Å². The average molecular weight is 829 g/mol. The van der Waals surface area contributed by atoms with Crippen LogP contribution in [0.5, 0.6) is 0 Å². The highest BCUT2D eigenvalue weighted by molar-refractivity contribution is 6.28. The van der Waals surface area contributed by atoms with Crippen LogP contribution < -0.4 is 9.80 Å². The Labute approximate surface area is 379 Å². The van der Waals surface area contributed by atoms with Crippen molar-refractivity contribution in [2.45, 2.75) is 66.2 Å². The number of benzene rings is 10. The Bertz CT molecular complexity index is 3090. The molecule has 0 fully saturated rings. The fourth-order valence-electron chi connectivity index (χ4n) is 9.89. The van der Waals surface area contributed by atoms with Gasteiger partial charge in [-0.15, -0.1) is 0 Å². The number of hydrogen-bond acceptors (Lipinski definition) is 2. The number of aryl methyl sites for hydroxylation is 2. The molecule has 0 aliphatic heterocycles. The van der Waals surface area contributed by atoms with Crippen molar-refractivity contribution in [3.8, 4) is 22.3 Å². The maximum atomic E-state index is 2.54. The van der Waals surface area contributed by atoms with Crippen LogP contribution in [0.4, 0.5) is 34.1 Å². The van der Waals surface area contributed by atoms with Gasteiger partial charge in [0, 0.05) is 22.1 Å². The van der Waals surface area contributed by atoms with Gasteiger partial charge in [-0.2, -0.15) is 0 Å². The van der Waals surface area contributed by atoms with E-state index < -0.39 is 0 Å². The molecule has 0 radical (unpaired) electrons. The van der Waals surface area contributed by atoms with E-state index in [9.17, 15) is 0 Å². The fraction of sp³-hybridized carbons (Fsp3) is 0.161. The highest BCUT2D eigenvalue weighted by atomic mass is 15.2. The minimum atomic E-state index is -0.118. The molecule has 10 aromatic rings. The van der Waals surface area contributed by atoms with E-state index in [1.807, 2.05) is 0 Å². The van der Waals surface area contributed by atoms with Gasteiger partial charge in [-0.1, -0.05) is 199 Å². The summed E-state index contributed by atoms with van der Waals surface area (Å²) in [4.78, 5) is 5.08. The standard InChI is InChI=1S/C62H56N2/c1-41-19-15-17-25-53(41)63(57-39-47(43-21-11-9-12-22-43)29-35-51(57)61(3,4)5)55-37-31-45-28-34-50-56(38-32-46-27-33-49(55)59(45)60(46)50)64(54-26-18-16-20-42(54)2)58-40-48(44-23-13-10-14-24-44)30-36-52(58)62(6,7)8/h9-40H,1-8H3. The average Bonchev–Trinajstić information content (AvgIpc) is 3.30. The van der Waals surface area contributed by atoms with E-state index in [1.54, 1.807) is 0 Å². The Morgan fingerprint density at radius 2 is 0.656 bits per heavy atom. The third-order valence-electron chi connectivity index (χ3n) is 13.1. The fourth-order valence-corrected chi connectivity index (χ4v) is 9.89. The quantitative estimate of drug-likeness (QED) is 0.141. The molecule has 0 atom stereocenters. The lowest BCUT2D eigenvalue weighted by Crippen LogP contribution is -2.20. The van der Waals surface area contributed by atoms with Crippen LogP contribution in [0, 0.1) is 13.8 Å². The van der Waals surface area contributed by atoms with E-state index >= 15 is 0 Å². The van der Waals surface area contributed by atoms with Crippen LogP contribution >= 0.6 is 0 Å². The number of hydrogen-bond donors (Lipinski definition) is 0. The molecule has 0 heterocycles. The minimum Gasteiger partial charge on any atom is -0.309 e. The lowest BCUT2D eigenvalue weighted by Gasteiger charge is -2.35. The molecule has 0 spiro atoms. The molecule has 0 saturated carbocycles. The first kappa shape index (κ1) is 40.9. The first-order chi connectivity index (χ1) is 30.9. The topological polar surface area (TPSA) is 6.48 Å². The second kappa shape index (κ2) is 15.9. The summed E-state index contributed by atoms with van der Waals surface area (Å²) in [5.74, 6) is 0. The predicted molar refractivity (Wildman–Crippen MR) is 277 cm³/mol. The van der Waals surface area contributed by atoms with Crippen molar-refractivity contribution in [1.29, 1.82) is 0 Å². The molecule has 0 aromatic heterocycles. The maximum Gasteiger partial charge on any atom is 0.0540 e. The summed E-state index contributed by atoms with van der Waals surface area (Å²) in [6, 6.07) is 72.1. The lowest BCUT2D eigenvalue weighted by atomic mass is 9.83. The first-order valence-electron chi connectivity index (χ1n) is 22.7.